The van der Waals surface area contributed by atoms with Crippen LogP contribution in [-0.2, 0) is 26.0 Å². The molecule has 2 heterocycles. The summed E-state index contributed by atoms with van der Waals surface area (Å²) in [4.78, 5) is 26.1. The minimum Gasteiger partial charge on any atom is -0.370 e. The van der Waals surface area contributed by atoms with Crippen LogP contribution in [0.3, 0.4) is 0 Å². The van der Waals surface area contributed by atoms with E-state index < -0.39 is 15.7 Å². The molecule has 0 spiro atoms. The number of nitrogens with two attached hydrogens (primary N) is 1. The zero-order valence-electron chi connectivity index (χ0n) is 17.0. The van der Waals surface area contributed by atoms with Crippen LogP contribution in [0.25, 0.3) is 0 Å². The Morgan fingerprint density at radius 3 is 2.52 bits per heavy atom. The van der Waals surface area contributed by atoms with E-state index in [1.54, 1.807) is 4.90 Å². The van der Waals surface area contributed by atoms with Crippen molar-refractivity contribution in [2.45, 2.75) is 49.3 Å². The Hall–Kier alpha value is -2.40. The molecule has 31 heavy (non-hydrogen) atoms. The van der Waals surface area contributed by atoms with Crippen molar-refractivity contribution in [1.82, 2.24) is 14.8 Å². The number of para-hydroxylation sites is 1. The Kier molecular flexibility index (Phi) is 6.33. The molecule has 4 rings (SSSR count). The molecule has 1 atom stereocenters. The van der Waals surface area contributed by atoms with Crippen LogP contribution in [0.4, 0.5) is 5.69 Å². The van der Waals surface area contributed by atoms with Gasteiger partial charge in [-0.25, -0.2) is 8.42 Å². The van der Waals surface area contributed by atoms with Crippen LogP contribution >= 0.6 is 11.8 Å². The molecule has 1 aromatic heterocycles. The Morgan fingerprint density at radius 2 is 1.90 bits per heavy atom. The van der Waals surface area contributed by atoms with Crippen LogP contribution in [0.2, 0.25) is 0 Å². The van der Waals surface area contributed by atoms with Crippen molar-refractivity contribution in [3.63, 3.8) is 0 Å². The number of aromatic nitrogens is 3. The average Bonchev–Trinajstić information content (AvgIpc) is 3.40. The largest absolute Gasteiger partial charge is 0.370 e. The van der Waals surface area contributed by atoms with Crippen molar-refractivity contribution in [3.8, 4) is 0 Å². The second kappa shape index (κ2) is 8.99. The first-order valence-corrected chi connectivity index (χ1v) is 13.1. The molecule has 1 aliphatic carbocycles. The van der Waals surface area contributed by atoms with Crippen LogP contribution in [0.15, 0.2) is 35.5 Å². The highest BCUT2D eigenvalue weighted by Crippen LogP contribution is 2.40. The van der Waals surface area contributed by atoms with E-state index in [0.29, 0.717) is 29.7 Å². The van der Waals surface area contributed by atoms with Gasteiger partial charge < -0.3 is 15.2 Å². The van der Waals surface area contributed by atoms with Gasteiger partial charge in [0.2, 0.25) is 11.8 Å². The van der Waals surface area contributed by atoms with Gasteiger partial charge in [0.1, 0.15) is 5.82 Å². The quantitative estimate of drug-likeness (QED) is 0.556. The summed E-state index contributed by atoms with van der Waals surface area (Å²) >= 11 is 1.25. The molecule has 2 amide bonds. The average molecular weight is 464 g/mol. The van der Waals surface area contributed by atoms with Crippen LogP contribution in [0.1, 0.15) is 37.4 Å². The first-order chi connectivity index (χ1) is 14.8. The van der Waals surface area contributed by atoms with Gasteiger partial charge in [0.15, 0.2) is 15.0 Å². The summed E-state index contributed by atoms with van der Waals surface area (Å²) in [5.74, 6) is 0.737. The number of carbonyl (C=O) groups excluding carboxylic acids is 2. The van der Waals surface area contributed by atoms with Gasteiger partial charge in [0.05, 0.1) is 23.3 Å². The minimum absolute atomic E-state index is 0.0288. The lowest BCUT2D eigenvalue weighted by molar-refractivity contribution is -0.118. The fourth-order valence-electron chi connectivity index (χ4n) is 3.80. The molecule has 1 saturated carbocycles. The third-order valence-electron chi connectivity index (χ3n) is 5.47. The number of amides is 2. The zero-order chi connectivity index (χ0) is 22.0. The van der Waals surface area contributed by atoms with Crippen molar-refractivity contribution in [2.24, 2.45) is 5.73 Å². The highest BCUT2D eigenvalue weighted by atomic mass is 32.2. The molecule has 0 bridgehead atoms. The first kappa shape index (κ1) is 21.8. The standard InChI is InChI=1S/C20H25N5O4S2/c21-17(26)8-10-24-19(14-6-7-14)22-23-20(24)30-12-18(27)25(15-4-2-1-3-5-15)16-9-11-31(28,29)13-16/h1-5,14,16H,6-13H2,(H2,21,26)/t16-/m1/s1. The van der Waals surface area contributed by atoms with Gasteiger partial charge in [-0.3, -0.25) is 9.59 Å². The molecule has 2 aliphatic rings. The van der Waals surface area contributed by atoms with Gasteiger partial charge in [-0.1, -0.05) is 30.0 Å². The summed E-state index contributed by atoms with van der Waals surface area (Å²) < 4.78 is 25.9. The molecule has 2 aromatic rings. The summed E-state index contributed by atoms with van der Waals surface area (Å²) in [6, 6.07) is 8.76. The van der Waals surface area contributed by atoms with Crippen molar-refractivity contribution in [2.75, 3.05) is 22.2 Å². The maximum atomic E-state index is 13.2. The Bertz CT molecular complexity index is 1070. The van der Waals surface area contributed by atoms with Crippen LogP contribution in [0, 0.1) is 0 Å². The molecule has 11 heteroatoms. The number of sulfone groups is 1. The fraction of sp³-hybridized carbons (Fsp3) is 0.500. The van der Waals surface area contributed by atoms with E-state index in [1.165, 1.54) is 11.8 Å². The smallest absolute Gasteiger partial charge is 0.237 e. The molecule has 166 valence electrons. The first-order valence-electron chi connectivity index (χ1n) is 10.3. The zero-order valence-corrected chi connectivity index (χ0v) is 18.6. The number of benzene rings is 1. The van der Waals surface area contributed by atoms with Crippen LogP contribution in [-0.4, -0.2) is 58.3 Å². The summed E-state index contributed by atoms with van der Waals surface area (Å²) in [6.07, 6.45) is 2.68. The van der Waals surface area contributed by atoms with Crippen molar-refractivity contribution >= 4 is 39.1 Å². The van der Waals surface area contributed by atoms with Crippen LogP contribution < -0.4 is 10.6 Å². The Balaban J connectivity index is 1.51. The van der Waals surface area contributed by atoms with Gasteiger partial charge in [0, 0.05) is 24.6 Å². The molecule has 2 fully saturated rings. The third kappa shape index (κ3) is 5.27. The number of hydrogen-bond acceptors (Lipinski definition) is 7. The molecule has 1 saturated heterocycles. The summed E-state index contributed by atoms with van der Waals surface area (Å²) in [7, 11) is -3.14. The summed E-state index contributed by atoms with van der Waals surface area (Å²) in [5.41, 5.74) is 5.99. The topological polar surface area (TPSA) is 128 Å². The number of nitrogens with zero attached hydrogens (tertiary/aromatic N) is 4. The van der Waals surface area contributed by atoms with Crippen LogP contribution in [0.5, 0.6) is 0 Å². The molecule has 1 aromatic carbocycles. The van der Waals surface area contributed by atoms with Gasteiger partial charge in [-0.2, -0.15) is 0 Å². The maximum Gasteiger partial charge on any atom is 0.237 e. The predicted molar refractivity (Wildman–Crippen MR) is 118 cm³/mol. The van der Waals surface area contributed by atoms with E-state index in [0.717, 1.165) is 18.7 Å². The maximum absolute atomic E-state index is 13.2. The summed E-state index contributed by atoms with van der Waals surface area (Å²) in [5, 5.41) is 9.08. The predicted octanol–water partition coefficient (Wildman–Crippen LogP) is 1.34. The molecular formula is C20H25N5O4S2. The second-order valence-corrected chi connectivity index (χ2v) is 11.1. The number of primary amides is 1. The van der Waals surface area contributed by atoms with Gasteiger partial charge >= 0.3 is 0 Å². The minimum atomic E-state index is -3.14. The number of thioether (sulfide) groups is 1. The number of carbonyl (C=O) groups is 2. The molecule has 1 aliphatic heterocycles. The number of rotatable bonds is 9. The van der Waals surface area contributed by atoms with E-state index in [2.05, 4.69) is 10.2 Å². The van der Waals surface area contributed by atoms with E-state index in [9.17, 15) is 18.0 Å². The molecular weight excluding hydrogens is 438 g/mol. The Labute approximate surface area is 185 Å². The number of hydrogen-bond donors (Lipinski definition) is 1. The van der Waals surface area contributed by atoms with E-state index in [1.807, 2.05) is 34.9 Å². The summed E-state index contributed by atoms with van der Waals surface area (Å²) in [6.45, 7) is 0.383. The van der Waals surface area contributed by atoms with E-state index in [4.69, 9.17) is 5.73 Å². The Morgan fingerprint density at radius 1 is 1.16 bits per heavy atom. The van der Waals surface area contributed by atoms with Crippen molar-refractivity contribution in [3.05, 3.63) is 36.2 Å². The van der Waals surface area contributed by atoms with Crippen molar-refractivity contribution in [1.29, 1.82) is 0 Å². The lowest BCUT2D eigenvalue weighted by Crippen LogP contribution is -2.42. The monoisotopic (exact) mass is 463 g/mol. The molecule has 2 N–H and O–H groups in total. The second-order valence-electron chi connectivity index (χ2n) is 7.93. The molecule has 0 unspecified atom stereocenters. The van der Waals surface area contributed by atoms with Gasteiger partial charge in [-0.05, 0) is 31.4 Å². The highest BCUT2D eigenvalue weighted by Gasteiger charge is 2.36. The van der Waals surface area contributed by atoms with Gasteiger partial charge in [0.25, 0.3) is 0 Å². The molecule has 9 nitrogen and oxygen atoms in total. The normalized spacial score (nSPS) is 19.9. The third-order valence-corrected chi connectivity index (χ3v) is 8.17. The van der Waals surface area contributed by atoms with Crippen molar-refractivity contribution < 1.29 is 18.0 Å². The number of anilines is 1. The van der Waals surface area contributed by atoms with E-state index >= 15 is 0 Å². The fourth-order valence-corrected chi connectivity index (χ4v) is 6.34. The lowest BCUT2D eigenvalue weighted by Gasteiger charge is -2.28. The molecule has 0 radical (unpaired) electrons. The van der Waals surface area contributed by atoms with E-state index in [-0.39, 0.29) is 35.6 Å². The SMILES string of the molecule is NC(=O)CCn1c(SCC(=O)N(c2ccccc2)[C@@H]2CCS(=O)(=O)C2)nnc1C1CC1. The lowest BCUT2D eigenvalue weighted by atomic mass is 10.2. The highest BCUT2D eigenvalue weighted by molar-refractivity contribution is 7.99. The van der Waals surface area contributed by atoms with Gasteiger partial charge in [-0.15, -0.1) is 10.2 Å².